The molecule has 0 spiro atoms. The normalized spacial score (nSPS) is 14.7. The van der Waals surface area contributed by atoms with E-state index in [-0.39, 0.29) is 25.2 Å². The molecule has 0 unspecified atom stereocenters. The van der Waals surface area contributed by atoms with E-state index in [1.807, 2.05) is 24.1 Å². The highest BCUT2D eigenvalue weighted by Gasteiger charge is 2.16. The second-order valence-electron chi connectivity index (χ2n) is 4.97. The van der Waals surface area contributed by atoms with Gasteiger partial charge >= 0.3 is 0 Å². The van der Waals surface area contributed by atoms with Crippen molar-refractivity contribution < 1.29 is 15.0 Å². The van der Waals surface area contributed by atoms with Gasteiger partial charge in [-0.1, -0.05) is 12.1 Å². The molecule has 2 rings (SSSR count). The highest BCUT2D eigenvalue weighted by molar-refractivity contribution is 5.93. The van der Waals surface area contributed by atoms with E-state index in [0.717, 1.165) is 23.2 Å². The van der Waals surface area contributed by atoms with Crippen LogP contribution >= 0.6 is 0 Å². The van der Waals surface area contributed by atoms with E-state index >= 15 is 0 Å². The summed E-state index contributed by atoms with van der Waals surface area (Å²) in [6.07, 6.45) is 1.30. The number of nitrogens with one attached hydrogen (secondary N) is 1. The lowest BCUT2D eigenvalue weighted by Gasteiger charge is -2.25. The number of hydrogen-bond acceptors (Lipinski definition) is 4. The van der Waals surface area contributed by atoms with Crippen LogP contribution in [0.15, 0.2) is 18.2 Å². The lowest BCUT2D eigenvalue weighted by Crippen LogP contribution is -2.37. The second-order valence-corrected chi connectivity index (χ2v) is 4.97. The standard InChI is InChI=1S/C14H20N2O3/c1-16(12(8-17)9-18)7-10-2-4-13-11(6-10)3-5-14(19)15-13/h2,4,6,12,17-18H,3,5,7-9H2,1H3,(H,15,19). The van der Waals surface area contributed by atoms with Gasteiger partial charge in [0.05, 0.1) is 19.3 Å². The number of benzene rings is 1. The fourth-order valence-corrected chi connectivity index (χ4v) is 2.29. The Morgan fingerprint density at radius 2 is 2.05 bits per heavy atom. The average molecular weight is 264 g/mol. The van der Waals surface area contributed by atoms with Crippen LogP contribution < -0.4 is 5.32 Å². The van der Waals surface area contributed by atoms with Gasteiger partial charge in [-0.15, -0.1) is 0 Å². The van der Waals surface area contributed by atoms with Gasteiger partial charge in [0.1, 0.15) is 0 Å². The Labute approximate surface area is 112 Å². The summed E-state index contributed by atoms with van der Waals surface area (Å²) in [5, 5.41) is 21.1. The molecule has 0 radical (unpaired) electrons. The van der Waals surface area contributed by atoms with Crippen molar-refractivity contribution in [2.24, 2.45) is 0 Å². The lowest BCUT2D eigenvalue weighted by molar-refractivity contribution is -0.116. The summed E-state index contributed by atoms with van der Waals surface area (Å²) in [6.45, 7) is 0.537. The largest absolute Gasteiger partial charge is 0.395 e. The fraction of sp³-hybridized carbons (Fsp3) is 0.500. The van der Waals surface area contributed by atoms with Crippen molar-refractivity contribution in [3.63, 3.8) is 0 Å². The zero-order valence-electron chi connectivity index (χ0n) is 11.1. The third-order valence-electron chi connectivity index (χ3n) is 3.54. The third kappa shape index (κ3) is 3.32. The number of likely N-dealkylation sites (N-methyl/N-ethyl adjacent to an activating group) is 1. The van der Waals surface area contributed by atoms with Gasteiger partial charge in [0.2, 0.25) is 5.91 Å². The van der Waals surface area contributed by atoms with Gasteiger partial charge in [-0.05, 0) is 30.7 Å². The molecule has 1 heterocycles. The molecule has 0 saturated carbocycles. The molecule has 104 valence electrons. The van der Waals surface area contributed by atoms with Crippen LogP contribution in [0.3, 0.4) is 0 Å². The number of rotatable bonds is 5. The van der Waals surface area contributed by atoms with Crippen LogP contribution in [0.4, 0.5) is 5.69 Å². The molecule has 0 atom stereocenters. The van der Waals surface area contributed by atoms with Crippen LogP contribution in [0.1, 0.15) is 17.5 Å². The Balaban J connectivity index is 2.08. The molecule has 5 heteroatoms. The Bertz CT molecular complexity index is 458. The van der Waals surface area contributed by atoms with E-state index in [0.29, 0.717) is 13.0 Å². The number of amides is 1. The van der Waals surface area contributed by atoms with Crippen LogP contribution in [-0.2, 0) is 17.8 Å². The predicted octanol–water partition coefficient (Wildman–Crippen LogP) is 0.356. The Kier molecular flexibility index (Phi) is 4.52. The molecule has 1 amide bonds. The number of hydrogen-bond donors (Lipinski definition) is 3. The maximum Gasteiger partial charge on any atom is 0.224 e. The zero-order chi connectivity index (χ0) is 13.8. The SMILES string of the molecule is CN(Cc1ccc2c(c1)CCC(=O)N2)C(CO)CO. The number of aryl methyl sites for hydroxylation is 1. The quantitative estimate of drug-likeness (QED) is 0.718. The molecule has 19 heavy (non-hydrogen) atoms. The summed E-state index contributed by atoms with van der Waals surface area (Å²) >= 11 is 0. The summed E-state index contributed by atoms with van der Waals surface area (Å²) in [7, 11) is 1.87. The minimum atomic E-state index is -0.240. The number of carbonyl (C=O) groups excluding carboxylic acids is 1. The van der Waals surface area contributed by atoms with Crippen LogP contribution in [0.2, 0.25) is 0 Å². The highest BCUT2D eigenvalue weighted by Crippen LogP contribution is 2.24. The summed E-state index contributed by atoms with van der Waals surface area (Å²) in [5.41, 5.74) is 3.16. The molecule has 1 aliphatic rings. The Morgan fingerprint density at radius 1 is 1.32 bits per heavy atom. The molecule has 0 saturated heterocycles. The van der Waals surface area contributed by atoms with Gasteiger partial charge in [-0.3, -0.25) is 9.69 Å². The molecule has 1 aliphatic heterocycles. The van der Waals surface area contributed by atoms with Crippen molar-refractivity contribution in [2.75, 3.05) is 25.6 Å². The number of aliphatic hydroxyl groups is 2. The predicted molar refractivity (Wildman–Crippen MR) is 72.8 cm³/mol. The number of nitrogens with zero attached hydrogens (tertiary/aromatic N) is 1. The molecule has 0 bridgehead atoms. The van der Waals surface area contributed by atoms with Crippen LogP contribution in [0.25, 0.3) is 0 Å². The number of fused-ring (bicyclic) bond motifs is 1. The smallest absolute Gasteiger partial charge is 0.224 e. The first-order valence-electron chi connectivity index (χ1n) is 6.47. The van der Waals surface area contributed by atoms with E-state index in [2.05, 4.69) is 11.4 Å². The van der Waals surface area contributed by atoms with Crippen LogP contribution in [0.5, 0.6) is 0 Å². The number of aliphatic hydroxyl groups excluding tert-OH is 2. The maximum atomic E-state index is 11.3. The van der Waals surface area contributed by atoms with Gasteiger partial charge < -0.3 is 15.5 Å². The van der Waals surface area contributed by atoms with Crippen molar-refractivity contribution >= 4 is 11.6 Å². The van der Waals surface area contributed by atoms with Crippen molar-refractivity contribution in [3.05, 3.63) is 29.3 Å². The minimum Gasteiger partial charge on any atom is -0.395 e. The van der Waals surface area contributed by atoms with Crippen LogP contribution in [-0.4, -0.2) is 47.3 Å². The van der Waals surface area contributed by atoms with E-state index in [9.17, 15) is 4.79 Å². The summed E-state index contributed by atoms with van der Waals surface area (Å²) < 4.78 is 0. The molecule has 1 aromatic carbocycles. The first kappa shape index (κ1) is 14.0. The molecule has 0 aliphatic carbocycles. The van der Waals surface area contributed by atoms with E-state index in [1.165, 1.54) is 0 Å². The Hall–Kier alpha value is -1.43. The monoisotopic (exact) mass is 264 g/mol. The maximum absolute atomic E-state index is 11.3. The lowest BCUT2D eigenvalue weighted by atomic mass is 10.00. The summed E-state index contributed by atoms with van der Waals surface area (Å²) in [4.78, 5) is 13.2. The first-order valence-corrected chi connectivity index (χ1v) is 6.47. The number of carbonyl (C=O) groups is 1. The van der Waals surface area contributed by atoms with Gasteiger partial charge in [0.15, 0.2) is 0 Å². The van der Waals surface area contributed by atoms with E-state index in [1.54, 1.807) is 0 Å². The summed E-state index contributed by atoms with van der Waals surface area (Å²) in [6, 6.07) is 5.72. The molecule has 0 fully saturated rings. The fourth-order valence-electron chi connectivity index (χ4n) is 2.29. The van der Waals surface area contributed by atoms with Crippen molar-refractivity contribution in [3.8, 4) is 0 Å². The minimum absolute atomic E-state index is 0.0615. The first-order chi connectivity index (χ1) is 9.13. The van der Waals surface area contributed by atoms with Crippen molar-refractivity contribution in [1.29, 1.82) is 0 Å². The average Bonchev–Trinajstić information content (AvgIpc) is 2.40. The Morgan fingerprint density at radius 3 is 2.74 bits per heavy atom. The van der Waals surface area contributed by atoms with Gasteiger partial charge in [0, 0.05) is 18.7 Å². The number of anilines is 1. The molecule has 1 aromatic rings. The van der Waals surface area contributed by atoms with E-state index in [4.69, 9.17) is 10.2 Å². The highest BCUT2D eigenvalue weighted by atomic mass is 16.3. The molecule has 3 N–H and O–H groups in total. The van der Waals surface area contributed by atoms with E-state index < -0.39 is 0 Å². The van der Waals surface area contributed by atoms with Gasteiger partial charge in [0.25, 0.3) is 0 Å². The topological polar surface area (TPSA) is 72.8 Å². The third-order valence-corrected chi connectivity index (χ3v) is 3.54. The van der Waals surface area contributed by atoms with Crippen molar-refractivity contribution in [2.45, 2.75) is 25.4 Å². The summed E-state index contributed by atoms with van der Waals surface area (Å²) in [5.74, 6) is 0.0676. The molecule has 0 aromatic heterocycles. The van der Waals surface area contributed by atoms with Gasteiger partial charge in [-0.2, -0.15) is 0 Å². The molecular weight excluding hydrogens is 244 g/mol. The van der Waals surface area contributed by atoms with Gasteiger partial charge in [-0.25, -0.2) is 0 Å². The second kappa shape index (κ2) is 6.14. The van der Waals surface area contributed by atoms with Crippen molar-refractivity contribution in [1.82, 2.24) is 4.90 Å². The molecular formula is C14H20N2O3. The zero-order valence-corrected chi connectivity index (χ0v) is 11.1. The molecule has 5 nitrogen and oxygen atoms in total. The van der Waals surface area contributed by atoms with Crippen LogP contribution in [0, 0.1) is 0 Å².